The van der Waals surface area contributed by atoms with Gasteiger partial charge in [-0.2, -0.15) is 0 Å². The molecule has 1 aliphatic rings. The molecule has 3 rings (SSSR count). The number of carbonyl (C=O) groups excluding carboxylic acids is 3. The number of amides is 3. The summed E-state index contributed by atoms with van der Waals surface area (Å²) in [6, 6.07) is 5.29. The van der Waals surface area contributed by atoms with Gasteiger partial charge in [-0.1, -0.05) is 76.3 Å². The fourth-order valence-electron chi connectivity index (χ4n) is 5.41. The SMILES string of the molecule is Cc1ncc(C(=O)N[C@@H](CC(C)C)C(=O)N[C@@H](CC2CCCCC2)C(=O)N[C@H](/C=C/S(C)(=O)=O)Cc2ccc(CN)cc2)s1. The maximum Gasteiger partial charge on any atom is 0.263 e. The number of aromatic nitrogens is 1. The molecule has 5 N–H and O–H groups in total. The number of hydrogen-bond acceptors (Lipinski definition) is 8. The third kappa shape index (κ3) is 12.1. The number of nitrogens with zero attached hydrogens (tertiary/aromatic N) is 1. The van der Waals surface area contributed by atoms with Gasteiger partial charge in [-0.25, -0.2) is 13.4 Å². The Kier molecular flexibility index (Phi) is 13.5. The van der Waals surface area contributed by atoms with Crippen molar-refractivity contribution < 1.29 is 22.8 Å². The summed E-state index contributed by atoms with van der Waals surface area (Å²) < 4.78 is 23.9. The highest BCUT2D eigenvalue weighted by Gasteiger charge is 2.31. The van der Waals surface area contributed by atoms with Gasteiger partial charge in [0.05, 0.1) is 17.2 Å². The van der Waals surface area contributed by atoms with Gasteiger partial charge in [0.25, 0.3) is 5.91 Å². The topological polar surface area (TPSA) is 160 Å². The van der Waals surface area contributed by atoms with Gasteiger partial charge in [0.2, 0.25) is 11.8 Å². The molecule has 2 aromatic rings. The minimum absolute atomic E-state index is 0.107. The first-order valence-electron chi connectivity index (χ1n) is 15.3. The quantitative estimate of drug-likeness (QED) is 0.229. The maximum atomic E-state index is 13.8. The van der Waals surface area contributed by atoms with Crippen molar-refractivity contribution in [2.75, 3.05) is 6.26 Å². The molecule has 1 aromatic carbocycles. The summed E-state index contributed by atoms with van der Waals surface area (Å²) >= 11 is 1.25. The fraction of sp³-hybridized carbons (Fsp3) is 0.562. The Labute approximate surface area is 265 Å². The summed E-state index contributed by atoms with van der Waals surface area (Å²) in [6.07, 6.45) is 10.5. The van der Waals surface area contributed by atoms with Crippen LogP contribution in [0, 0.1) is 18.8 Å². The molecule has 1 heterocycles. The van der Waals surface area contributed by atoms with Gasteiger partial charge < -0.3 is 21.7 Å². The van der Waals surface area contributed by atoms with E-state index in [4.69, 9.17) is 5.73 Å². The number of benzene rings is 1. The third-order valence-electron chi connectivity index (χ3n) is 7.70. The lowest BCUT2D eigenvalue weighted by Crippen LogP contribution is -2.55. The molecule has 44 heavy (non-hydrogen) atoms. The zero-order chi connectivity index (χ0) is 32.3. The molecular weight excluding hydrogens is 599 g/mol. The molecule has 1 aromatic heterocycles. The Balaban J connectivity index is 1.82. The monoisotopic (exact) mass is 645 g/mol. The number of carbonyl (C=O) groups is 3. The van der Waals surface area contributed by atoms with Crippen LogP contribution in [0.25, 0.3) is 0 Å². The Morgan fingerprint density at radius 2 is 1.64 bits per heavy atom. The number of rotatable bonds is 15. The van der Waals surface area contributed by atoms with Gasteiger partial charge >= 0.3 is 0 Å². The van der Waals surface area contributed by atoms with E-state index in [9.17, 15) is 22.8 Å². The molecule has 0 spiro atoms. The number of sulfone groups is 1. The van der Waals surface area contributed by atoms with Gasteiger partial charge in [0, 0.05) is 18.2 Å². The Morgan fingerprint density at radius 3 is 2.20 bits per heavy atom. The Bertz CT molecular complexity index is 1380. The molecule has 0 saturated heterocycles. The summed E-state index contributed by atoms with van der Waals surface area (Å²) in [5, 5.41) is 10.6. The molecule has 0 radical (unpaired) electrons. The van der Waals surface area contributed by atoms with Crippen LogP contribution in [0.15, 0.2) is 41.9 Å². The van der Waals surface area contributed by atoms with Crippen molar-refractivity contribution in [2.45, 2.75) is 96.8 Å². The minimum atomic E-state index is -3.44. The first kappa shape index (κ1) is 35.4. The van der Waals surface area contributed by atoms with Crippen LogP contribution in [0.4, 0.5) is 0 Å². The summed E-state index contributed by atoms with van der Waals surface area (Å²) in [4.78, 5) is 45.0. The normalized spacial score (nSPS) is 16.4. The highest BCUT2D eigenvalue weighted by molar-refractivity contribution is 7.93. The number of nitrogens with two attached hydrogens (primary N) is 1. The lowest BCUT2D eigenvalue weighted by molar-refractivity contribution is -0.130. The average molecular weight is 646 g/mol. The summed E-state index contributed by atoms with van der Waals surface area (Å²) in [5.41, 5.74) is 7.58. The van der Waals surface area contributed by atoms with E-state index < -0.39 is 39.8 Å². The molecular formula is C32H47N5O5S2. The lowest BCUT2D eigenvalue weighted by Gasteiger charge is -2.29. The number of hydrogen-bond donors (Lipinski definition) is 4. The predicted molar refractivity (Wildman–Crippen MR) is 175 cm³/mol. The predicted octanol–water partition coefficient (Wildman–Crippen LogP) is 3.80. The standard InChI is InChI=1S/C32H47N5O5S2/c1-21(2)16-27(37-32(40)29-20-34-22(3)43-29)31(39)36-28(18-23-8-6-5-7-9-23)30(38)35-26(14-15-44(4,41)42)17-24-10-12-25(19-33)13-11-24/h10-15,20-21,23,26-28H,5-9,16-19,33H2,1-4H3,(H,35,38)(H,36,39)(H,37,40)/b15-14+/t26-,27+,28+/m1/s1. The maximum absolute atomic E-state index is 13.8. The molecule has 1 aliphatic carbocycles. The van der Waals surface area contributed by atoms with E-state index in [1.807, 2.05) is 45.0 Å². The van der Waals surface area contributed by atoms with E-state index in [0.717, 1.165) is 59.9 Å². The van der Waals surface area contributed by atoms with E-state index in [1.54, 1.807) is 0 Å². The van der Waals surface area contributed by atoms with Crippen molar-refractivity contribution >= 4 is 38.9 Å². The minimum Gasteiger partial charge on any atom is -0.348 e. The molecule has 3 amide bonds. The Morgan fingerprint density at radius 1 is 1.00 bits per heavy atom. The zero-order valence-electron chi connectivity index (χ0n) is 26.2. The van der Waals surface area contributed by atoms with Gasteiger partial charge in [0.1, 0.15) is 17.0 Å². The fourth-order valence-corrected chi connectivity index (χ4v) is 6.57. The van der Waals surface area contributed by atoms with Crippen LogP contribution in [-0.2, 0) is 32.4 Å². The van der Waals surface area contributed by atoms with E-state index in [-0.39, 0.29) is 17.7 Å². The first-order valence-corrected chi connectivity index (χ1v) is 18.1. The van der Waals surface area contributed by atoms with Crippen molar-refractivity contribution in [3.8, 4) is 0 Å². The van der Waals surface area contributed by atoms with Gasteiger partial charge in [-0.15, -0.1) is 11.3 Å². The average Bonchev–Trinajstić information content (AvgIpc) is 3.41. The van der Waals surface area contributed by atoms with Crippen LogP contribution >= 0.6 is 11.3 Å². The van der Waals surface area contributed by atoms with Crippen LogP contribution in [0.5, 0.6) is 0 Å². The second-order valence-electron chi connectivity index (χ2n) is 12.2. The van der Waals surface area contributed by atoms with E-state index in [0.29, 0.717) is 30.7 Å². The Hall–Kier alpha value is -3.09. The summed E-state index contributed by atoms with van der Waals surface area (Å²) in [7, 11) is -3.44. The molecule has 12 heteroatoms. The van der Waals surface area contributed by atoms with E-state index in [1.165, 1.54) is 23.6 Å². The van der Waals surface area contributed by atoms with Crippen molar-refractivity contribution in [3.63, 3.8) is 0 Å². The molecule has 1 saturated carbocycles. The largest absolute Gasteiger partial charge is 0.348 e. The number of aryl methyl sites for hydroxylation is 1. The van der Waals surface area contributed by atoms with Gasteiger partial charge in [-0.3, -0.25) is 14.4 Å². The highest BCUT2D eigenvalue weighted by Crippen LogP contribution is 2.27. The molecule has 0 aliphatic heterocycles. The lowest BCUT2D eigenvalue weighted by atomic mass is 9.84. The zero-order valence-corrected chi connectivity index (χ0v) is 27.8. The van der Waals surface area contributed by atoms with Crippen LogP contribution in [0.1, 0.15) is 84.6 Å². The van der Waals surface area contributed by atoms with Crippen molar-refractivity contribution in [1.82, 2.24) is 20.9 Å². The van der Waals surface area contributed by atoms with Crippen LogP contribution in [0.3, 0.4) is 0 Å². The van der Waals surface area contributed by atoms with Gasteiger partial charge in [0.15, 0.2) is 9.84 Å². The molecule has 1 fully saturated rings. The highest BCUT2D eigenvalue weighted by atomic mass is 32.2. The summed E-state index contributed by atoms with van der Waals surface area (Å²) in [5.74, 6) is -0.817. The first-order chi connectivity index (χ1) is 20.8. The molecule has 0 bridgehead atoms. The molecule has 3 atom stereocenters. The van der Waals surface area contributed by atoms with Crippen molar-refractivity contribution in [3.05, 3.63) is 63.0 Å². The smallest absolute Gasteiger partial charge is 0.263 e. The van der Waals surface area contributed by atoms with Crippen LogP contribution < -0.4 is 21.7 Å². The molecule has 10 nitrogen and oxygen atoms in total. The number of nitrogens with one attached hydrogen (secondary N) is 3. The van der Waals surface area contributed by atoms with Crippen molar-refractivity contribution in [2.24, 2.45) is 17.6 Å². The second kappa shape index (κ2) is 16.8. The van der Waals surface area contributed by atoms with E-state index >= 15 is 0 Å². The van der Waals surface area contributed by atoms with Crippen LogP contribution in [-0.4, -0.2) is 55.5 Å². The molecule has 0 unspecified atom stereocenters. The van der Waals surface area contributed by atoms with Crippen LogP contribution in [0.2, 0.25) is 0 Å². The molecule has 242 valence electrons. The third-order valence-corrected chi connectivity index (χ3v) is 9.26. The number of thiazole rings is 1. The van der Waals surface area contributed by atoms with Crippen molar-refractivity contribution in [1.29, 1.82) is 0 Å². The van der Waals surface area contributed by atoms with Gasteiger partial charge in [-0.05, 0) is 49.1 Å². The second-order valence-corrected chi connectivity index (χ2v) is 15.4. The summed E-state index contributed by atoms with van der Waals surface area (Å²) in [6.45, 7) is 6.14. The van der Waals surface area contributed by atoms with E-state index in [2.05, 4.69) is 20.9 Å².